The van der Waals surface area contributed by atoms with Gasteiger partial charge in [-0.05, 0) is 37.8 Å². The SMILES string of the molecule is CCC(C)NC(O)=S.NC(O)=S.[NaH]. The van der Waals surface area contributed by atoms with Crippen molar-refractivity contribution in [3.05, 3.63) is 0 Å². The van der Waals surface area contributed by atoms with Crippen LogP contribution in [0.4, 0.5) is 0 Å². The summed E-state index contributed by atoms with van der Waals surface area (Å²) in [5.74, 6) is 0. The normalized spacial score (nSPS) is 9.69. The first-order valence-corrected chi connectivity index (χ1v) is 4.19. The topological polar surface area (TPSA) is 78.5 Å². The second-order valence-electron chi connectivity index (χ2n) is 2.10. The number of nitrogens with one attached hydrogen (secondary N) is 1. The molecular weight excluding hydrogens is 219 g/mol. The van der Waals surface area contributed by atoms with E-state index >= 15 is 0 Å². The Kier molecular flexibility index (Phi) is 18.1. The van der Waals surface area contributed by atoms with Crippen molar-refractivity contribution in [2.24, 2.45) is 5.73 Å². The van der Waals surface area contributed by atoms with Crippen molar-refractivity contribution in [3.8, 4) is 0 Å². The molecule has 0 aliphatic heterocycles. The summed E-state index contributed by atoms with van der Waals surface area (Å²) in [4.78, 5) is 0. The summed E-state index contributed by atoms with van der Waals surface area (Å²) in [6.45, 7) is 3.98. The number of thiocarbonyl (C=S) groups is 2. The molecule has 0 aromatic rings. The maximum absolute atomic E-state index is 8.47. The molecule has 0 aliphatic carbocycles. The second-order valence-corrected chi connectivity index (χ2v) is 2.90. The fourth-order valence-electron chi connectivity index (χ4n) is 0.313. The van der Waals surface area contributed by atoms with Crippen LogP contribution in [0.25, 0.3) is 0 Å². The van der Waals surface area contributed by atoms with E-state index in [1.165, 1.54) is 0 Å². The van der Waals surface area contributed by atoms with E-state index in [1.807, 2.05) is 13.8 Å². The van der Waals surface area contributed by atoms with Crippen LogP contribution in [0.5, 0.6) is 0 Å². The van der Waals surface area contributed by atoms with E-state index in [1.54, 1.807) is 0 Å². The minimum absolute atomic E-state index is 0. The van der Waals surface area contributed by atoms with Gasteiger partial charge < -0.3 is 21.3 Å². The molecule has 0 heterocycles. The molecule has 0 fully saturated rings. The van der Waals surface area contributed by atoms with Crippen LogP contribution >= 0.6 is 24.4 Å². The molecule has 0 saturated heterocycles. The summed E-state index contributed by atoms with van der Waals surface area (Å²) < 4.78 is 0. The van der Waals surface area contributed by atoms with E-state index in [9.17, 15) is 0 Å². The molecule has 74 valence electrons. The zero-order valence-corrected chi connectivity index (χ0v) is 8.71. The summed E-state index contributed by atoms with van der Waals surface area (Å²) in [6, 6.07) is 0.285. The molecule has 0 amide bonds. The fourth-order valence-corrected chi connectivity index (χ4v) is 0.514. The number of hydrogen-bond donors (Lipinski definition) is 4. The Hall–Kier alpha value is 0.380. The molecule has 0 aromatic heterocycles. The van der Waals surface area contributed by atoms with Gasteiger partial charge in [-0.15, -0.1) is 0 Å². The minimum atomic E-state index is -0.500. The molecule has 0 radical (unpaired) electrons. The Morgan fingerprint density at radius 1 is 1.46 bits per heavy atom. The molecule has 0 bridgehead atoms. The van der Waals surface area contributed by atoms with Gasteiger partial charge in [-0.3, -0.25) is 0 Å². The Labute approximate surface area is 111 Å². The fraction of sp³-hybridized carbons (Fsp3) is 0.667. The van der Waals surface area contributed by atoms with Gasteiger partial charge in [0.05, 0.1) is 0 Å². The van der Waals surface area contributed by atoms with Crippen molar-refractivity contribution in [1.29, 1.82) is 0 Å². The molecule has 7 heteroatoms. The average Bonchev–Trinajstić information content (AvgIpc) is 1.84. The van der Waals surface area contributed by atoms with Crippen molar-refractivity contribution in [1.82, 2.24) is 5.32 Å². The monoisotopic (exact) mass is 234 g/mol. The van der Waals surface area contributed by atoms with Gasteiger partial charge >= 0.3 is 29.6 Å². The van der Waals surface area contributed by atoms with E-state index in [0.717, 1.165) is 6.42 Å². The Morgan fingerprint density at radius 2 is 1.77 bits per heavy atom. The van der Waals surface area contributed by atoms with Crippen molar-refractivity contribution in [2.75, 3.05) is 0 Å². The summed E-state index contributed by atoms with van der Waals surface area (Å²) >= 11 is 8.25. The number of aliphatic hydroxyl groups is 2. The predicted molar refractivity (Wildman–Crippen MR) is 64.7 cm³/mol. The van der Waals surface area contributed by atoms with Gasteiger partial charge in [0, 0.05) is 6.04 Å². The number of hydrogen-bond acceptors (Lipinski definition) is 2. The van der Waals surface area contributed by atoms with E-state index in [4.69, 9.17) is 10.2 Å². The van der Waals surface area contributed by atoms with Crippen molar-refractivity contribution < 1.29 is 10.2 Å². The van der Waals surface area contributed by atoms with Gasteiger partial charge in [0.15, 0.2) is 0 Å². The van der Waals surface area contributed by atoms with Gasteiger partial charge in [-0.2, -0.15) is 0 Å². The van der Waals surface area contributed by atoms with Crippen LogP contribution < -0.4 is 11.1 Å². The van der Waals surface area contributed by atoms with Crippen LogP contribution in [0.15, 0.2) is 0 Å². The molecule has 4 nitrogen and oxygen atoms in total. The Morgan fingerprint density at radius 3 is 1.85 bits per heavy atom. The van der Waals surface area contributed by atoms with Crippen molar-refractivity contribution in [3.63, 3.8) is 0 Å². The third-order valence-corrected chi connectivity index (χ3v) is 1.10. The third-order valence-electron chi connectivity index (χ3n) is 0.982. The first kappa shape index (κ1) is 19.0. The van der Waals surface area contributed by atoms with Crippen molar-refractivity contribution >= 4 is 64.3 Å². The molecule has 5 N–H and O–H groups in total. The van der Waals surface area contributed by atoms with Crippen LogP contribution in [0.3, 0.4) is 0 Å². The Balaban J connectivity index is -0.000000173. The molecule has 0 saturated carbocycles. The van der Waals surface area contributed by atoms with Gasteiger partial charge in [0.2, 0.25) is 0 Å². The van der Waals surface area contributed by atoms with E-state index in [2.05, 4.69) is 35.5 Å². The summed E-state index contributed by atoms with van der Waals surface area (Å²) in [6.07, 6.45) is 0.973. The second kappa shape index (κ2) is 12.4. The third kappa shape index (κ3) is 32.8. The zero-order valence-electron chi connectivity index (χ0n) is 7.07. The summed E-state index contributed by atoms with van der Waals surface area (Å²) in [5.41, 5.74) is 4.40. The molecule has 1 atom stereocenters. The van der Waals surface area contributed by atoms with E-state index in [0.29, 0.717) is 0 Å². The molecule has 1 unspecified atom stereocenters. The standard InChI is InChI=1S/C5H11NOS.CH3NOS.Na.H/c1-3-4(2)6-5(7)8;2-1(3)4;;/h4H,3H2,1-2H3,(H2,6,7,8);(H3,2,3,4);;. The molecule has 0 spiro atoms. The van der Waals surface area contributed by atoms with E-state index in [-0.39, 0.29) is 40.8 Å². The molecule has 0 rings (SSSR count). The molecular formula is C6H15N2NaO2S2. The van der Waals surface area contributed by atoms with Crippen LogP contribution in [0.2, 0.25) is 0 Å². The van der Waals surface area contributed by atoms with Gasteiger partial charge in [-0.25, -0.2) is 0 Å². The van der Waals surface area contributed by atoms with Gasteiger partial charge in [0.25, 0.3) is 10.3 Å². The average molecular weight is 234 g/mol. The van der Waals surface area contributed by atoms with Crippen LogP contribution in [0.1, 0.15) is 20.3 Å². The van der Waals surface area contributed by atoms with Crippen LogP contribution in [-0.4, -0.2) is 56.2 Å². The number of aliphatic hydroxyl groups excluding tert-OH is 2. The number of rotatable bonds is 2. The number of nitrogens with two attached hydrogens (primary N) is 1. The predicted octanol–water partition coefficient (Wildman–Crippen LogP) is 0.357. The molecule has 13 heavy (non-hydrogen) atoms. The first-order valence-electron chi connectivity index (χ1n) is 3.38. The zero-order chi connectivity index (χ0) is 10.1. The van der Waals surface area contributed by atoms with E-state index < -0.39 is 5.17 Å². The molecule has 0 aliphatic rings. The summed E-state index contributed by atoms with van der Waals surface area (Å²) in [7, 11) is 0. The first-order chi connectivity index (χ1) is 5.40. The van der Waals surface area contributed by atoms with Crippen LogP contribution in [-0.2, 0) is 0 Å². The van der Waals surface area contributed by atoms with Gasteiger partial charge in [-0.1, -0.05) is 6.92 Å². The summed E-state index contributed by atoms with van der Waals surface area (Å²) in [5, 5.41) is 18.1. The quantitative estimate of drug-likeness (QED) is 0.408. The maximum atomic E-state index is 8.47. The van der Waals surface area contributed by atoms with Crippen molar-refractivity contribution in [2.45, 2.75) is 26.3 Å². The van der Waals surface area contributed by atoms with Gasteiger partial charge in [0.1, 0.15) is 0 Å². The molecule has 0 aromatic carbocycles. The van der Waals surface area contributed by atoms with Crippen LogP contribution in [0, 0.1) is 0 Å². The Bertz CT molecular complexity index is 154.